The van der Waals surface area contributed by atoms with Gasteiger partial charge in [-0.2, -0.15) is 13.2 Å². The number of pyridine rings is 1. The van der Waals surface area contributed by atoms with Crippen molar-refractivity contribution in [3.8, 4) is 0 Å². The topological polar surface area (TPSA) is 68.0 Å². The van der Waals surface area contributed by atoms with Crippen molar-refractivity contribution in [1.29, 1.82) is 0 Å². The number of aryl methyl sites for hydroxylation is 1. The number of carboxylic acid groups (broad SMARTS) is 1. The molecule has 0 aliphatic rings. The summed E-state index contributed by atoms with van der Waals surface area (Å²) in [7, 11) is 0. The third-order valence-electron chi connectivity index (χ3n) is 3.52. The lowest BCUT2D eigenvalue weighted by Crippen LogP contribution is -2.06. The highest BCUT2D eigenvalue weighted by atomic mass is 35.5. The Morgan fingerprint density at radius 2 is 2.08 bits per heavy atom. The van der Waals surface area contributed by atoms with Crippen molar-refractivity contribution in [2.24, 2.45) is 0 Å². The SMILES string of the molecule is Cc1nc(Sc2ncc(C(F)(F)F)cc2Cl)n(CCCC(=O)O)c1C. The predicted molar refractivity (Wildman–Crippen MR) is 86.9 cm³/mol. The van der Waals surface area contributed by atoms with Gasteiger partial charge < -0.3 is 9.67 Å². The van der Waals surface area contributed by atoms with Crippen LogP contribution in [-0.4, -0.2) is 25.6 Å². The second-order valence-electron chi connectivity index (χ2n) is 5.32. The van der Waals surface area contributed by atoms with Crippen LogP contribution < -0.4 is 0 Å². The van der Waals surface area contributed by atoms with Gasteiger partial charge in [0.15, 0.2) is 5.16 Å². The van der Waals surface area contributed by atoms with E-state index in [0.717, 1.165) is 35.4 Å². The van der Waals surface area contributed by atoms with Gasteiger partial charge in [-0.3, -0.25) is 4.79 Å². The highest BCUT2D eigenvalue weighted by molar-refractivity contribution is 7.99. The van der Waals surface area contributed by atoms with E-state index in [1.54, 1.807) is 6.92 Å². The Kier molecular flexibility index (Phi) is 5.99. The van der Waals surface area contributed by atoms with Crippen molar-refractivity contribution < 1.29 is 23.1 Å². The number of halogens is 4. The van der Waals surface area contributed by atoms with Crippen LogP contribution in [0.4, 0.5) is 13.2 Å². The van der Waals surface area contributed by atoms with Crippen molar-refractivity contribution in [3.05, 3.63) is 34.2 Å². The Labute approximate surface area is 151 Å². The van der Waals surface area contributed by atoms with Gasteiger partial charge in [0.25, 0.3) is 0 Å². The van der Waals surface area contributed by atoms with Crippen LogP contribution in [0.25, 0.3) is 0 Å². The number of imidazole rings is 1. The number of rotatable bonds is 6. The van der Waals surface area contributed by atoms with E-state index in [0.29, 0.717) is 18.1 Å². The molecule has 2 aromatic rings. The van der Waals surface area contributed by atoms with Crippen LogP contribution in [0, 0.1) is 13.8 Å². The highest BCUT2D eigenvalue weighted by Crippen LogP contribution is 2.36. The summed E-state index contributed by atoms with van der Waals surface area (Å²) in [6.45, 7) is 4.07. The molecule has 2 heterocycles. The molecule has 0 amide bonds. The first-order valence-electron chi connectivity index (χ1n) is 7.25. The summed E-state index contributed by atoms with van der Waals surface area (Å²) in [6, 6.07) is 0.828. The quantitative estimate of drug-likeness (QED) is 0.777. The molecule has 0 radical (unpaired) electrons. The van der Waals surface area contributed by atoms with E-state index in [-0.39, 0.29) is 16.5 Å². The number of aliphatic carboxylic acids is 1. The first-order chi connectivity index (χ1) is 11.6. The summed E-state index contributed by atoms with van der Waals surface area (Å²) < 4.78 is 39.9. The van der Waals surface area contributed by atoms with Gasteiger partial charge in [0, 0.05) is 24.9 Å². The fourth-order valence-electron chi connectivity index (χ4n) is 2.10. The van der Waals surface area contributed by atoms with E-state index in [4.69, 9.17) is 16.7 Å². The number of hydrogen-bond acceptors (Lipinski definition) is 4. The Bertz CT molecular complexity index is 793. The minimum Gasteiger partial charge on any atom is -0.481 e. The second kappa shape index (κ2) is 7.65. The molecule has 0 spiro atoms. The molecule has 25 heavy (non-hydrogen) atoms. The van der Waals surface area contributed by atoms with Gasteiger partial charge >= 0.3 is 12.1 Å². The molecule has 0 fully saturated rings. The minimum absolute atomic E-state index is 0.0139. The number of nitrogens with zero attached hydrogens (tertiary/aromatic N) is 3. The summed E-state index contributed by atoms with van der Waals surface area (Å²) in [5, 5.41) is 9.35. The van der Waals surface area contributed by atoms with Crippen LogP contribution in [0.15, 0.2) is 22.4 Å². The Morgan fingerprint density at radius 1 is 1.40 bits per heavy atom. The van der Waals surface area contributed by atoms with Gasteiger partial charge in [-0.25, -0.2) is 9.97 Å². The smallest absolute Gasteiger partial charge is 0.417 e. The average Bonchev–Trinajstić information content (AvgIpc) is 2.75. The Balaban J connectivity index is 2.25. The molecule has 0 bridgehead atoms. The van der Waals surface area contributed by atoms with Crippen LogP contribution in [-0.2, 0) is 17.5 Å². The molecule has 2 aromatic heterocycles. The third-order valence-corrected chi connectivity index (χ3v) is 4.93. The summed E-state index contributed by atoms with van der Waals surface area (Å²) in [5.41, 5.74) is 0.691. The molecule has 0 saturated carbocycles. The summed E-state index contributed by atoms with van der Waals surface area (Å²) >= 11 is 6.98. The van der Waals surface area contributed by atoms with Gasteiger partial charge in [-0.05, 0) is 38.1 Å². The summed E-state index contributed by atoms with van der Waals surface area (Å²) in [4.78, 5) is 18.8. The molecule has 2 rings (SSSR count). The van der Waals surface area contributed by atoms with E-state index in [9.17, 15) is 18.0 Å². The zero-order valence-electron chi connectivity index (χ0n) is 13.4. The van der Waals surface area contributed by atoms with Crippen LogP contribution in [0.3, 0.4) is 0 Å². The van der Waals surface area contributed by atoms with Gasteiger partial charge in [-0.15, -0.1) is 0 Å². The fourth-order valence-corrected chi connectivity index (χ4v) is 3.33. The van der Waals surface area contributed by atoms with Crippen molar-refractivity contribution in [1.82, 2.24) is 14.5 Å². The van der Waals surface area contributed by atoms with Crippen LogP contribution in [0.1, 0.15) is 29.8 Å². The maximum atomic E-state index is 12.7. The van der Waals surface area contributed by atoms with Gasteiger partial charge in [0.2, 0.25) is 0 Å². The zero-order chi connectivity index (χ0) is 18.8. The number of alkyl halides is 3. The van der Waals surface area contributed by atoms with Crippen LogP contribution in [0.2, 0.25) is 5.02 Å². The van der Waals surface area contributed by atoms with E-state index >= 15 is 0 Å². The van der Waals surface area contributed by atoms with E-state index in [2.05, 4.69) is 9.97 Å². The maximum absolute atomic E-state index is 12.7. The fraction of sp³-hybridized carbons (Fsp3) is 0.400. The minimum atomic E-state index is -4.51. The van der Waals surface area contributed by atoms with Crippen molar-refractivity contribution in [2.75, 3.05) is 0 Å². The maximum Gasteiger partial charge on any atom is 0.417 e. The number of carbonyl (C=O) groups is 1. The van der Waals surface area contributed by atoms with E-state index in [1.807, 2.05) is 11.5 Å². The standard InChI is InChI=1S/C15H15ClF3N3O2S/c1-8-9(2)22(5-3-4-12(23)24)14(21-8)25-13-11(16)6-10(7-20-13)15(17,18)19/h6-7H,3-5H2,1-2H3,(H,23,24). The molecule has 0 atom stereocenters. The number of carboxylic acids is 1. The van der Waals surface area contributed by atoms with Crippen molar-refractivity contribution in [2.45, 2.75) is 49.6 Å². The van der Waals surface area contributed by atoms with E-state index < -0.39 is 17.7 Å². The molecule has 136 valence electrons. The normalized spacial score (nSPS) is 11.8. The largest absolute Gasteiger partial charge is 0.481 e. The second-order valence-corrected chi connectivity index (χ2v) is 6.69. The Morgan fingerprint density at radius 3 is 2.64 bits per heavy atom. The molecule has 0 saturated heterocycles. The first kappa shape index (κ1) is 19.6. The summed E-state index contributed by atoms with van der Waals surface area (Å²) in [5.74, 6) is -0.892. The first-order valence-corrected chi connectivity index (χ1v) is 8.45. The molecule has 0 aromatic carbocycles. The molecule has 10 heteroatoms. The molecule has 5 nitrogen and oxygen atoms in total. The van der Waals surface area contributed by atoms with Crippen LogP contribution in [0.5, 0.6) is 0 Å². The predicted octanol–water partition coefficient (Wildman–Crippen LogP) is 4.58. The monoisotopic (exact) mass is 393 g/mol. The molecule has 0 aliphatic carbocycles. The molecular weight excluding hydrogens is 379 g/mol. The van der Waals surface area contributed by atoms with Gasteiger partial charge in [-0.1, -0.05) is 11.6 Å². The van der Waals surface area contributed by atoms with Crippen molar-refractivity contribution in [3.63, 3.8) is 0 Å². The van der Waals surface area contributed by atoms with Gasteiger partial charge in [0.05, 0.1) is 16.3 Å². The zero-order valence-corrected chi connectivity index (χ0v) is 15.0. The lowest BCUT2D eigenvalue weighted by atomic mass is 10.3. The molecule has 1 N–H and O–H groups in total. The average molecular weight is 394 g/mol. The summed E-state index contributed by atoms with van der Waals surface area (Å²) in [6.07, 6.45) is -3.36. The lowest BCUT2D eigenvalue weighted by Gasteiger charge is -2.11. The molecule has 0 unspecified atom stereocenters. The molecule has 0 aliphatic heterocycles. The highest BCUT2D eigenvalue weighted by Gasteiger charge is 2.31. The van der Waals surface area contributed by atoms with Crippen molar-refractivity contribution >= 4 is 29.3 Å². The third kappa shape index (κ3) is 4.88. The van der Waals surface area contributed by atoms with Crippen LogP contribution >= 0.6 is 23.4 Å². The number of aromatic nitrogens is 3. The van der Waals surface area contributed by atoms with Gasteiger partial charge in [0.1, 0.15) is 5.03 Å². The van der Waals surface area contributed by atoms with E-state index in [1.165, 1.54) is 0 Å². The molecular formula is C15H15ClF3N3O2S. The number of hydrogen-bond donors (Lipinski definition) is 1. The lowest BCUT2D eigenvalue weighted by molar-refractivity contribution is -0.138. The Hall–Kier alpha value is -1.74.